The summed E-state index contributed by atoms with van der Waals surface area (Å²) in [5.41, 5.74) is 5.29. The Morgan fingerprint density at radius 2 is 1.84 bits per heavy atom. The Morgan fingerprint density at radius 3 is 2.49 bits per heavy atom. The number of rotatable bonds is 10. The van der Waals surface area contributed by atoms with Crippen LogP contribution in [-0.2, 0) is 19.4 Å². The van der Waals surface area contributed by atoms with Crippen LogP contribution in [0.2, 0.25) is 0 Å². The van der Waals surface area contributed by atoms with Gasteiger partial charge in [-0.3, -0.25) is 18.9 Å². The zero-order chi connectivity index (χ0) is 30.5. The molecule has 2 aromatic heterocycles. The Bertz CT molecular complexity index is 1690. The molecule has 1 aliphatic rings. The van der Waals surface area contributed by atoms with Crippen molar-refractivity contribution < 1.29 is 4.52 Å². The smallest absolute Gasteiger partial charge is 0.363 e. The predicted octanol–water partition coefficient (Wildman–Crippen LogP) is 6.51. The molecule has 0 spiro atoms. The molecule has 0 amide bonds. The summed E-state index contributed by atoms with van der Waals surface area (Å²) in [6.07, 6.45) is 6.68. The van der Waals surface area contributed by atoms with E-state index in [4.69, 9.17) is 21.7 Å². The Hall–Kier alpha value is -3.85. The predicted molar refractivity (Wildman–Crippen MR) is 175 cm³/mol. The highest BCUT2D eigenvalue weighted by Crippen LogP contribution is 2.30. The Balaban J connectivity index is 1.49. The largest absolute Gasteiger partial charge is 0.439 e. The van der Waals surface area contributed by atoms with Gasteiger partial charge < -0.3 is 4.90 Å². The van der Waals surface area contributed by atoms with Gasteiger partial charge in [0.1, 0.15) is 5.82 Å². The molecule has 1 N–H and O–H groups in total. The van der Waals surface area contributed by atoms with Crippen LogP contribution < -0.4 is 11.3 Å². The third-order valence-electron chi connectivity index (χ3n) is 8.35. The molecule has 0 aliphatic carbocycles. The van der Waals surface area contributed by atoms with Crippen molar-refractivity contribution in [2.75, 3.05) is 6.54 Å². The number of hydrogen-bond acceptors (Lipinski definition) is 6. The number of thiocarbonyl (C=S) groups is 1. The molecule has 3 heterocycles. The van der Waals surface area contributed by atoms with Crippen LogP contribution in [0.25, 0.3) is 22.5 Å². The van der Waals surface area contributed by atoms with Gasteiger partial charge in [-0.15, -0.1) is 0 Å². The summed E-state index contributed by atoms with van der Waals surface area (Å²) in [7, 11) is 0. The summed E-state index contributed by atoms with van der Waals surface area (Å²) in [6, 6.07) is 16.3. The minimum Gasteiger partial charge on any atom is -0.363 e. The van der Waals surface area contributed by atoms with Crippen LogP contribution in [0.5, 0.6) is 0 Å². The molecule has 1 atom stereocenters. The summed E-state index contributed by atoms with van der Waals surface area (Å²) in [6.45, 7) is 9.99. The molecule has 226 valence electrons. The summed E-state index contributed by atoms with van der Waals surface area (Å²) in [5.74, 6) is 0.754. The van der Waals surface area contributed by atoms with Crippen molar-refractivity contribution in [2.24, 2.45) is 0 Å². The SMILES string of the molecule is CCCCc1nc(C(C)C)c(CC(=S)N2CCCCC2C)c(=O)n1Cc1ccc(-c2ccccc2-c2noc(=O)[nH]2)cc1. The topological polar surface area (TPSA) is 97.0 Å². The molecule has 8 nitrogen and oxygen atoms in total. The normalized spacial score (nSPS) is 15.3. The van der Waals surface area contributed by atoms with Crippen molar-refractivity contribution in [3.63, 3.8) is 0 Å². The third kappa shape index (κ3) is 6.88. The van der Waals surface area contributed by atoms with Crippen molar-refractivity contribution in [3.8, 4) is 22.5 Å². The molecule has 0 bridgehead atoms. The Labute approximate surface area is 258 Å². The van der Waals surface area contributed by atoms with E-state index in [1.807, 2.05) is 53.1 Å². The van der Waals surface area contributed by atoms with Gasteiger partial charge >= 0.3 is 5.76 Å². The Morgan fingerprint density at radius 1 is 1.09 bits per heavy atom. The van der Waals surface area contributed by atoms with Crippen molar-refractivity contribution in [2.45, 2.75) is 91.1 Å². The fraction of sp³-hybridized carbons (Fsp3) is 0.441. The maximum absolute atomic E-state index is 14.3. The minimum absolute atomic E-state index is 0.0150. The molecule has 1 fully saturated rings. The summed E-state index contributed by atoms with van der Waals surface area (Å²) < 4.78 is 6.60. The number of nitrogens with one attached hydrogen (secondary N) is 1. The minimum atomic E-state index is -0.591. The Kier molecular flexibility index (Phi) is 9.70. The molecule has 2 aromatic carbocycles. The zero-order valence-electron chi connectivity index (χ0n) is 25.6. The number of H-pyrrole nitrogens is 1. The number of unbranched alkanes of at least 4 members (excludes halogenated alkanes) is 1. The van der Waals surface area contributed by atoms with Gasteiger partial charge in [-0.2, -0.15) is 0 Å². The average Bonchev–Trinajstić information content (AvgIpc) is 3.45. The first kappa shape index (κ1) is 30.6. The second-order valence-corrected chi connectivity index (χ2v) is 12.3. The molecule has 0 saturated carbocycles. The molecular weight excluding hydrogens is 558 g/mol. The van der Waals surface area contributed by atoms with E-state index >= 15 is 0 Å². The molecular formula is C34H41N5O3S. The van der Waals surface area contributed by atoms with E-state index in [1.165, 1.54) is 6.42 Å². The number of piperidine rings is 1. The van der Waals surface area contributed by atoms with Gasteiger partial charge in [-0.25, -0.2) is 9.78 Å². The maximum atomic E-state index is 14.3. The number of benzene rings is 2. The lowest BCUT2D eigenvalue weighted by atomic mass is 9.98. The summed E-state index contributed by atoms with van der Waals surface area (Å²) >= 11 is 5.94. The monoisotopic (exact) mass is 599 g/mol. The van der Waals surface area contributed by atoms with Crippen molar-refractivity contribution >= 4 is 17.2 Å². The van der Waals surface area contributed by atoms with E-state index in [2.05, 4.69) is 42.7 Å². The number of likely N-dealkylation sites (tertiary alicyclic amines) is 1. The molecule has 43 heavy (non-hydrogen) atoms. The van der Waals surface area contributed by atoms with Gasteiger partial charge in [0.15, 0.2) is 5.82 Å². The van der Waals surface area contributed by atoms with E-state index in [0.29, 0.717) is 24.8 Å². The van der Waals surface area contributed by atoms with Gasteiger partial charge in [0.2, 0.25) is 0 Å². The molecule has 0 radical (unpaired) electrons. The number of aromatic nitrogens is 4. The first-order valence-corrected chi connectivity index (χ1v) is 15.8. The van der Waals surface area contributed by atoms with E-state index in [9.17, 15) is 9.59 Å². The quantitative estimate of drug-likeness (QED) is 0.208. The number of aryl methyl sites for hydroxylation is 1. The molecule has 9 heteroatoms. The molecule has 4 aromatic rings. The number of hydrogen-bond donors (Lipinski definition) is 1. The van der Waals surface area contributed by atoms with Gasteiger partial charge in [-0.05, 0) is 55.2 Å². The fourth-order valence-electron chi connectivity index (χ4n) is 5.97. The lowest BCUT2D eigenvalue weighted by Gasteiger charge is -2.35. The van der Waals surface area contributed by atoms with Crippen LogP contribution in [0.4, 0.5) is 0 Å². The number of nitrogens with zero attached hydrogens (tertiary/aromatic N) is 4. The molecule has 1 unspecified atom stereocenters. The van der Waals surface area contributed by atoms with Crippen LogP contribution >= 0.6 is 12.2 Å². The molecule has 1 aliphatic heterocycles. The van der Waals surface area contributed by atoms with E-state index in [1.54, 1.807) is 0 Å². The zero-order valence-corrected chi connectivity index (χ0v) is 26.4. The van der Waals surface area contributed by atoms with Gasteiger partial charge in [0.05, 0.1) is 17.2 Å². The van der Waals surface area contributed by atoms with Crippen molar-refractivity contribution in [1.29, 1.82) is 0 Å². The van der Waals surface area contributed by atoms with Gasteiger partial charge in [0, 0.05) is 36.6 Å². The highest BCUT2D eigenvalue weighted by molar-refractivity contribution is 7.80. The van der Waals surface area contributed by atoms with E-state index < -0.39 is 5.76 Å². The van der Waals surface area contributed by atoms with Gasteiger partial charge in [-0.1, -0.05) is 93.1 Å². The molecule has 1 saturated heterocycles. The highest BCUT2D eigenvalue weighted by atomic mass is 32.1. The fourth-order valence-corrected chi connectivity index (χ4v) is 6.39. The van der Waals surface area contributed by atoms with Crippen LogP contribution in [0.15, 0.2) is 62.6 Å². The molecule has 5 rings (SSSR count). The standard InChI is InChI=1S/C34H41N5O3S/c1-5-6-14-29-35-31(22(2)3)28(20-30(43)38-19-10-9-11-23(38)4)33(40)39(29)21-24-15-17-25(18-16-24)26-12-7-8-13-27(26)32-36-34(41)42-37-32/h7-8,12-13,15-18,22-23H,5-6,9-11,14,19-21H2,1-4H3,(H,36,37,41). The average molecular weight is 600 g/mol. The van der Waals surface area contributed by atoms with E-state index in [-0.39, 0.29) is 11.5 Å². The number of aromatic amines is 1. The van der Waals surface area contributed by atoms with Crippen molar-refractivity contribution in [3.05, 3.63) is 92.1 Å². The summed E-state index contributed by atoms with van der Waals surface area (Å²) in [5, 5.41) is 3.87. The lowest BCUT2D eigenvalue weighted by Crippen LogP contribution is -2.43. The van der Waals surface area contributed by atoms with Crippen LogP contribution in [0.3, 0.4) is 0 Å². The first-order valence-electron chi connectivity index (χ1n) is 15.4. The van der Waals surface area contributed by atoms with Crippen LogP contribution in [-0.4, -0.2) is 42.2 Å². The highest BCUT2D eigenvalue weighted by Gasteiger charge is 2.25. The second-order valence-electron chi connectivity index (χ2n) is 11.8. The first-order chi connectivity index (χ1) is 20.8. The van der Waals surface area contributed by atoms with Crippen molar-refractivity contribution in [1.82, 2.24) is 24.6 Å². The second kappa shape index (κ2) is 13.6. The lowest BCUT2D eigenvalue weighted by molar-refractivity contribution is 0.259. The van der Waals surface area contributed by atoms with Gasteiger partial charge in [0.25, 0.3) is 5.56 Å². The van der Waals surface area contributed by atoms with Crippen LogP contribution in [0, 0.1) is 0 Å². The maximum Gasteiger partial charge on any atom is 0.439 e. The summed E-state index contributed by atoms with van der Waals surface area (Å²) in [4.78, 5) is 36.8. The van der Waals surface area contributed by atoms with E-state index in [0.717, 1.165) is 83.0 Å². The third-order valence-corrected chi connectivity index (χ3v) is 8.73. The van der Waals surface area contributed by atoms with Crippen LogP contribution in [0.1, 0.15) is 88.4 Å².